The van der Waals surface area contributed by atoms with Gasteiger partial charge in [-0.3, -0.25) is 4.57 Å². The van der Waals surface area contributed by atoms with Crippen molar-refractivity contribution in [2.45, 2.75) is 10.9 Å². The summed E-state index contributed by atoms with van der Waals surface area (Å²) in [7, 11) is 0. The van der Waals surface area contributed by atoms with E-state index in [0.717, 1.165) is 18.7 Å². The third kappa shape index (κ3) is 4.23. The lowest BCUT2D eigenvalue weighted by Crippen LogP contribution is -2.37. The van der Waals surface area contributed by atoms with E-state index < -0.39 is 0 Å². The van der Waals surface area contributed by atoms with Crippen LogP contribution in [0, 0.1) is 5.82 Å². The van der Waals surface area contributed by atoms with Crippen molar-refractivity contribution < 1.29 is 9.13 Å². The van der Waals surface area contributed by atoms with Crippen molar-refractivity contribution in [2.75, 3.05) is 31.2 Å². The van der Waals surface area contributed by atoms with Crippen LogP contribution in [0.1, 0.15) is 5.56 Å². The third-order valence-electron chi connectivity index (χ3n) is 4.13. The van der Waals surface area contributed by atoms with Crippen LogP contribution in [0.25, 0.3) is 5.69 Å². The highest BCUT2D eigenvalue weighted by atomic mass is 35.5. The minimum absolute atomic E-state index is 0.299. The summed E-state index contributed by atoms with van der Waals surface area (Å²) < 4.78 is 21.2. The van der Waals surface area contributed by atoms with Gasteiger partial charge in [0.15, 0.2) is 5.16 Å². The van der Waals surface area contributed by atoms with Gasteiger partial charge >= 0.3 is 0 Å². The van der Waals surface area contributed by atoms with Crippen LogP contribution in [-0.2, 0) is 10.5 Å². The van der Waals surface area contributed by atoms with Gasteiger partial charge in [-0.05, 0) is 29.8 Å². The number of hydrogen-bond donors (Lipinski definition) is 0. The maximum atomic E-state index is 13.8. The summed E-state index contributed by atoms with van der Waals surface area (Å²) in [5.41, 5.74) is 1.71. The molecule has 3 heterocycles. The first kappa shape index (κ1) is 18.2. The molecule has 0 unspecified atom stereocenters. The number of aromatic nitrogens is 4. The molecule has 140 valence electrons. The Labute approximate surface area is 165 Å². The maximum Gasteiger partial charge on any atom is 0.232 e. The molecule has 27 heavy (non-hydrogen) atoms. The van der Waals surface area contributed by atoms with Crippen LogP contribution in [0.5, 0.6) is 0 Å². The van der Waals surface area contributed by atoms with Gasteiger partial charge < -0.3 is 9.64 Å². The minimum Gasteiger partial charge on any atom is -0.378 e. The molecule has 0 atom stereocenters. The average molecular weight is 406 g/mol. The predicted molar refractivity (Wildman–Crippen MR) is 103 cm³/mol. The smallest absolute Gasteiger partial charge is 0.232 e. The van der Waals surface area contributed by atoms with Gasteiger partial charge in [0, 0.05) is 25.0 Å². The van der Waals surface area contributed by atoms with Crippen LogP contribution in [0.15, 0.2) is 47.8 Å². The Morgan fingerprint density at radius 2 is 2.00 bits per heavy atom. The Hall–Kier alpha value is -2.16. The standard InChI is InChI=1S/C18H17ClFN5OS/c19-16-5-4-13(11-21-16)12-27-18-23-22-17(24-6-8-26-9-7-24)25(18)15-3-1-2-14(20)10-15/h1-5,10-11H,6-9,12H2. The zero-order valence-electron chi connectivity index (χ0n) is 14.4. The van der Waals surface area contributed by atoms with Crippen LogP contribution in [-0.4, -0.2) is 46.1 Å². The average Bonchev–Trinajstić information content (AvgIpc) is 3.12. The summed E-state index contributed by atoms with van der Waals surface area (Å²) in [6.07, 6.45) is 1.74. The molecular formula is C18H17ClFN5OS. The van der Waals surface area contributed by atoms with Crippen LogP contribution in [0.4, 0.5) is 10.3 Å². The van der Waals surface area contributed by atoms with Crippen molar-refractivity contribution in [1.29, 1.82) is 0 Å². The summed E-state index contributed by atoms with van der Waals surface area (Å²) in [6.45, 7) is 2.71. The molecule has 0 amide bonds. The van der Waals surface area contributed by atoms with Crippen LogP contribution < -0.4 is 4.90 Å². The van der Waals surface area contributed by atoms with Crippen LogP contribution in [0.3, 0.4) is 0 Å². The van der Waals surface area contributed by atoms with Gasteiger partial charge in [-0.15, -0.1) is 10.2 Å². The zero-order chi connectivity index (χ0) is 18.6. The summed E-state index contributed by atoms with van der Waals surface area (Å²) in [5, 5.41) is 9.88. The Morgan fingerprint density at radius 1 is 1.15 bits per heavy atom. The van der Waals surface area contributed by atoms with Crippen molar-refractivity contribution in [3.05, 3.63) is 59.1 Å². The van der Waals surface area contributed by atoms with Crippen molar-refractivity contribution in [2.24, 2.45) is 0 Å². The highest BCUT2D eigenvalue weighted by Crippen LogP contribution is 2.29. The molecule has 1 fully saturated rings. The van der Waals surface area contributed by atoms with E-state index in [1.807, 2.05) is 16.7 Å². The third-order valence-corrected chi connectivity index (χ3v) is 5.36. The van der Waals surface area contributed by atoms with E-state index in [4.69, 9.17) is 16.3 Å². The number of thioether (sulfide) groups is 1. The van der Waals surface area contributed by atoms with E-state index in [0.29, 0.717) is 40.9 Å². The predicted octanol–water partition coefficient (Wildman–Crippen LogP) is 3.58. The highest BCUT2D eigenvalue weighted by Gasteiger charge is 2.22. The van der Waals surface area contributed by atoms with E-state index in [2.05, 4.69) is 20.1 Å². The van der Waals surface area contributed by atoms with Gasteiger partial charge in [0.1, 0.15) is 11.0 Å². The number of halogens is 2. The summed E-state index contributed by atoms with van der Waals surface area (Å²) in [5.74, 6) is 1.05. The maximum absolute atomic E-state index is 13.8. The molecule has 1 saturated heterocycles. The van der Waals surface area contributed by atoms with Crippen LogP contribution in [0.2, 0.25) is 5.15 Å². The number of rotatable bonds is 5. The molecule has 9 heteroatoms. The van der Waals surface area contributed by atoms with E-state index in [1.165, 1.54) is 23.9 Å². The second-order valence-corrected chi connectivity index (χ2v) is 7.30. The molecule has 0 saturated carbocycles. The molecule has 1 aliphatic heterocycles. The van der Waals surface area contributed by atoms with Gasteiger partial charge in [-0.2, -0.15) is 0 Å². The molecule has 0 aliphatic carbocycles. The van der Waals surface area contributed by atoms with E-state index in [9.17, 15) is 4.39 Å². The fourth-order valence-electron chi connectivity index (χ4n) is 2.80. The number of benzene rings is 1. The Kier molecular flexibility index (Phi) is 5.56. The Morgan fingerprint density at radius 3 is 2.74 bits per heavy atom. The number of hydrogen-bond acceptors (Lipinski definition) is 6. The second-order valence-electron chi connectivity index (χ2n) is 5.98. The van der Waals surface area contributed by atoms with Gasteiger partial charge in [-0.1, -0.05) is 35.5 Å². The molecule has 1 aliphatic rings. The molecule has 2 aromatic heterocycles. The summed E-state index contributed by atoms with van der Waals surface area (Å²) in [4.78, 5) is 6.21. The van der Waals surface area contributed by atoms with Gasteiger partial charge in [0.05, 0.1) is 18.9 Å². The Bertz CT molecular complexity index is 914. The van der Waals surface area contributed by atoms with E-state index >= 15 is 0 Å². The first-order valence-electron chi connectivity index (χ1n) is 8.48. The van der Waals surface area contributed by atoms with E-state index in [-0.39, 0.29) is 5.82 Å². The fourth-order valence-corrected chi connectivity index (χ4v) is 3.80. The fraction of sp³-hybridized carbons (Fsp3) is 0.278. The lowest BCUT2D eigenvalue weighted by Gasteiger charge is -2.27. The lowest BCUT2D eigenvalue weighted by atomic mass is 10.3. The molecule has 0 bridgehead atoms. The Balaban J connectivity index is 1.65. The zero-order valence-corrected chi connectivity index (χ0v) is 16.0. The molecule has 0 N–H and O–H groups in total. The molecule has 6 nitrogen and oxygen atoms in total. The van der Waals surface area contributed by atoms with Gasteiger partial charge in [0.25, 0.3) is 0 Å². The van der Waals surface area contributed by atoms with Crippen molar-refractivity contribution >= 4 is 29.3 Å². The number of nitrogens with zero attached hydrogens (tertiary/aromatic N) is 5. The molecule has 1 aromatic carbocycles. The molecule has 0 spiro atoms. The first-order valence-corrected chi connectivity index (χ1v) is 9.84. The van der Waals surface area contributed by atoms with E-state index in [1.54, 1.807) is 18.3 Å². The number of anilines is 1. The minimum atomic E-state index is -0.299. The van der Waals surface area contributed by atoms with Crippen molar-refractivity contribution in [3.8, 4) is 5.69 Å². The SMILES string of the molecule is Fc1cccc(-n2c(SCc3ccc(Cl)nc3)nnc2N2CCOCC2)c1. The largest absolute Gasteiger partial charge is 0.378 e. The molecule has 0 radical (unpaired) electrons. The topological polar surface area (TPSA) is 56.1 Å². The molecular weight excluding hydrogens is 389 g/mol. The number of ether oxygens (including phenoxy) is 1. The van der Waals surface area contributed by atoms with Crippen LogP contribution >= 0.6 is 23.4 Å². The van der Waals surface area contributed by atoms with Crippen molar-refractivity contribution in [1.82, 2.24) is 19.7 Å². The summed E-state index contributed by atoms with van der Waals surface area (Å²) >= 11 is 7.36. The molecule has 4 rings (SSSR count). The monoisotopic (exact) mass is 405 g/mol. The van der Waals surface area contributed by atoms with Gasteiger partial charge in [0.2, 0.25) is 5.95 Å². The number of pyridine rings is 1. The summed E-state index contributed by atoms with van der Waals surface area (Å²) in [6, 6.07) is 10.1. The van der Waals surface area contributed by atoms with Crippen molar-refractivity contribution in [3.63, 3.8) is 0 Å². The van der Waals surface area contributed by atoms with Gasteiger partial charge in [-0.25, -0.2) is 9.37 Å². The highest BCUT2D eigenvalue weighted by molar-refractivity contribution is 7.98. The number of morpholine rings is 1. The second kappa shape index (κ2) is 8.24. The molecule has 3 aromatic rings. The quantitative estimate of drug-likeness (QED) is 0.477. The normalized spacial score (nSPS) is 14.5. The first-order chi connectivity index (χ1) is 13.2. The lowest BCUT2D eigenvalue weighted by molar-refractivity contribution is 0.122.